The number of rotatable bonds is 3. The van der Waals surface area contributed by atoms with Crippen molar-refractivity contribution < 1.29 is 23.8 Å². The van der Waals surface area contributed by atoms with E-state index in [4.69, 9.17) is 4.74 Å². The fourth-order valence-corrected chi connectivity index (χ4v) is 2.48. The summed E-state index contributed by atoms with van der Waals surface area (Å²) in [5.41, 5.74) is -1.06. The molecule has 2 unspecified atom stereocenters. The topological polar surface area (TPSA) is 75.6 Å². The van der Waals surface area contributed by atoms with Gasteiger partial charge in [0.1, 0.15) is 11.2 Å². The van der Waals surface area contributed by atoms with Crippen molar-refractivity contribution in [3.8, 4) is 0 Å². The zero-order valence-corrected chi connectivity index (χ0v) is 12.2. The summed E-state index contributed by atoms with van der Waals surface area (Å²) in [6.45, 7) is 1.65. The Balaban J connectivity index is 2.17. The van der Waals surface area contributed by atoms with Gasteiger partial charge in [-0.25, -0.2) is 4.39 Å². The SMILES string of the molecule is CC1(C(=O)O)COCC1NC(=O)c1cc(F)cc(Br)c1. The largest absolute Gasteiger partial charge is 0.481 e. The second-order valence-electron chi connectivity index (χ2n) is 4.92. The Bertz CT molecular complexity index is 545. The molecule has 2 atom stereocenters. The summed E-state index contributed by atoms with van der Waals surface area (Å²) in [4.78, 5) is 23.3. The molecule has 1 amide bonds. The first-order valence-corrected chi connectivity index (χ1v) is 6.70. The van der Waals surface area contributed by atoms with Crippen LogP contribution in [0.4, 0.5) is 4.39 Å². The van der Waals surface area contributed by atoms with E-state index in [-0.39, 0.29) is 18.8 Å². The van der Waals surface area contributed by atoms with Crippen molar-refractivity contribution in [1.82, 2.24) is 5.32 Å². The lowest BCUT2D eigenvalue weighted by Crippen LogP contribution is -2.49. The van der Waals surface area contributed by atoms with E-state index in [1.165, 1.54) is 19.1 Å². The zero-order chi connectivity index (χ0) is 14.9. The number of carbonyl (C=O) groups excluding carboxylic acids is 1. The highest BCUT2D eigenvalue weighted by Gasteiger charge is 2.47. The molecule has 20 heavy (non-hydrogen) atoms. The highest BCUT2D eigenvalue weighted by atomic mass is 79.9. The van der Waals surface area contributed by atoms with E-state index < -0.39 is 29.2 Å². The molecule has 0 bridgehead atoms. The van der Waals surface area contributed by atoms with E-state index in [0.717, 1.165) is 6.07 Å². The molecule has 1 aliphatic rings. The molecule has 0 saturated carbocycles. The Labute approximate surface area is 123 Å². The van der Waals surface area contributed by atoms with Crippen molar-refractivity contribution >= 4 is 27.8 Å². The molecular formula is C13H13BrFNO4. The molecule has 1 aromatic rings. The zero-order valence-electron chi connectivity index (χ0n) is 10.7. The van der Waals surface area contributed by atoms with E-state index in [2.05, 4.69) is 21.2 Å². The predicted molar refractivity (Wildman–Crippen MR) is 71.9 cm³/mol. The molecule has 5 nitrogen and oxygen atoms in total. The van der Waals surface area contributed by atoms with Crippen molar-refractivity contribution in [1.29, 1.82) is 0 Å². The number of benzene rings is 1. The Hall–Kier alpha value is -1.47. The van der Waals surface area contributed by atoms with E-state index >= 15 is 0 Å². The standard InChI is InChI=1S/C13H13BrFNO4/c1-13(12(18)19)6-20-5-10(13)16-11(17)7-2-8(14)4-9(15)3-7/h2-4,10H,5-6H2,1H3,(H,16,17)(H,18,19). The summed E-state index contributed by atoms with van der Waals surface area (Å²) in [5.74, 6) is -2.12. The third kappa shape index (κ3) is 2.83. The normalized spacial score (nSPS) is 25.4. The van der Waals surface area contributed by atoms with Gasteiger partial charge in [-0.15, -0.1) is 0 Å². The Morgan fingerprint density at radius 2 is 2.20 bits per heavy atom. The molecule has 2 rings (SSSR count). The first-order chi connectivity index (χ1) is 9.33. The van der Waals surface area contributed by atoms with Gasteiger partial charge >= 0.3 is 5.97 Å². The average Bonchev–Trinajstić information content (AvgIpc) is 2.71. The minimum Gasteiger partial charge on any atom is -0.481 e. The third-order valence-electron chi connectivity index (χ3n) is 3.37. The summed E-state index contributed by atoms with van der Waals surface area (Å²) < 4.78 is 18.8. The highest BCUT2D eigenvalue weighted by molar-refractivity contribution is 9.10. The number of nitrogens with one attached hydrogen (secondary N) is 1. The van der Waals surface area contributed by atoms with E-state index in [9.17, 15) is 19.1 Å². The van der Waals surface area contributed by atoms with Crippen LogP contribution in [0.1, 0.15) is 17.3 Å². The van der Waals surface area contributed by atoms with Crippen LogP contribution >= 0.6 is 15.9 Å². The fourth-order valence-electron chi connectivity index (χ4n) is 2.01. The maximum Gasteiger partial charge on any atom is 0.313 e. The Morgan fingerprint density at radius 3 is 2.80 bits per heavy atom. The van der Waals surface area contributed by atoms with Gasteiger partial charge in [0.25, 0.3) is 5.91 Å². The van der Waals surface area contributed by atoms with E-state index in [1.807, 2.05) is 0 Å². The van der Waals surface area contributed by atoms with Gasteiger partial charge in [0.05, 0.1) is 19.3 Å². The minimum absolute atomic E-state index is 0.0279. The van der Waals surface area contributed by atoms with E-state index in [0.29, 0.717) is 4.47 Å². The van der Waals surface area contributed by atoms with Gasteiger partial charge in [0.2, 0.25) is 0 Å². The molecule has 0 aromatic heterocycles. The van der Waals surface area contributed by atoms with Crippen molar-refractivity contribution in [3.63, 3.8) is 0 Å². The minimum atomic E-state index is -1.18. The quantitative estimate of drug-likeness (QED) is 0.875. The van der Waals surface area contributed by atoms with Gasteiger partial charge in [-0.2, -0.15) is 0 Å². The number of halogens is 2. The van der Waals surface area contributed by atoms with Crippen LogP contribution in [-0.4, -0.2) is 36.2 Å². The molecule has 2 N–H and O–H groups in total. The molecule has 1 saturated heterocycles. The highest BCUT2D eigenvalue weighted by Crippen LogP contribution is 2.29. The van der Waals surface area contributed by atoms with Gasteiger partial charge in [0.15, 0.2) is 0 Å². The van der Waals surface area contributed by atoms with Crippen LogP contribution in [0, 0.1) is 11.2 Å². The van der Waals surface area contributed by atoms with Gasteiger partial charge in [0, 0.05) is 10.0 Å². The van der Waals surface area contributed by atoms with Gasteiger partial charge in [-0.1, -0.05) is 15.9 Å². The molecule has 0 aliphatic carbocycles. The summed E-state index contributed by atoms with van der Waals surface area (Å²) in [6.07, 6.45) is 0. The maximum atomic E-state index is 13.3. The molecule has 1 fully saturated rings. The number of hydrogen-bond acceptors (Lipinski definition) is 3. The van der Waals surface area contributed by atoms with Crippen molar-refractivity contribution in [2.45, 2.75) is 13.0 Å². The van der Waals surface area contributed by atoms with Crippen LogP contribution in [0.15, 0.2) is 22.7 Å². The number of aliphatic carboxylic acids is 1. The summed E-state index contributed by atoms with van der Waals surface area (Å²) >= 11 is 3.10. The molecular weight excluding hydrogens is 333 g/mol. The van der Waals surface area contributed by atoms with E-state index in [1.54, 1.807) is 0 Å². The van der Waals surface area contributed by atoms with Crippen molar-refractivity contribution in [2.75, 3.05) is 13.2 Å². The summed E-state index contributed by atoms with van der Waals surface area (Å²) in [5, 5.41) is 11.8. The smallest absolute Gasteiger partial charge is 0.313 e. The second kappa shape index (κ2) is 5.49. The van der Waals surface area contributed by atoms with Crippen LogP contribution in [0.25, 0.3) is 0 Å². The molecule has 1 heterocycles. The summed E-state index contributed by atoms with van der Waals surface area (Å²) in [6, 6.07) is 3.13. The molecule has 108 valence electrons. The molecule has 1 aromatic carbocycles. The number of ether oxygens (including phenoxy) is 1. The number of carboxylic acid groups (broad SMARTS) is 1. The fraction of sp³-hybridized carbons (Fsp3) is 0.385. The van der Waals surface area contributed by atoms with Gasteiger partial charge in [-0.05, 0) is 25.1 Å². The van der Waals surface area contributed by atoms with Gasteiger partial charge < -0.3 is 15.2 Å². The predicted octanol–water partition coefficient (Wildman–Crippen LogP) is 1.81. The number of carbonyl (C=O) groups is 2. The van der Waals surface area contributed by atoms with Crippen LogP contribution in [-0.2, 0) is 9.53 Å². The van der Waals surface area contributed by atoms with Gasteiger partial charge in [-0.3, -0.25) is 9.59 Å². The number of amides is 1. The van der Waals surface area contributed by atoms with Crippen molar-refractivity contribution in [3.05, 3.63) is 34.1 Å². The number of carboxylic acids is 1. The average molecular weight is 346 g/mol. The van der Waals surface area contributed by atoms with Crippen LogP contribution in [0.2, 0.25) is 0 Å². The third-order valence-corrected chi connectivity index (χ3v) is 3.83. The monoisotopic (exact) mass is 345 g/mol. The second-order valence-corrected chi connectivity index (χ2v) is 5.84. The molecule has 0 spiro atoms. The molecule has 1 aliphatic heterocycles. The lowest BCUT2D eigenvalue weighted by atomic mass is 9.85. The lowest BCUT2D eigenvalue weighted by molar-refractivity contribution is -0.148. The van der Waals surface area contributed by atoms with Crippen LogP contribution < -0.4 is 5.32 Å². The Morgan fingerprint density at radius 1 is 1.50 bits per heavy atom. The lowest BCUT2D eigenvalue weighted by Gasteiger charge is -2.25. The molecule has 7 heteroatoms. The summed E-state index contributed by atoms with van der Waals surface area (Å²) in [7, 11) is 0. The number of hydrogen-bond donors (Lipinski definition) is 2. The Kier molecular flexibility index (Phi) is 4.10. The maximum absolute atomic E-state index is 13.3. The molecule has 0 radical (unpaired) electrons. The first kappa shape index (κ1) is 14.9. The van der Waals surface area contributed by atoms with Crippen LogP contribution in [0.3, 0.4) is 0 Å². The van der Waals surface area contributed by atoms with Crippen molar-refractivity contribution in [2.24, 2.45) is 5.41 Å². The first-order valence-electron chi connectivity index (χ1n) is 5.91. The van der Waals surface area contributed by atoms with Crippen LogP contribution in [0.5, 0.6) is 0 Å².